The lowest BCUT2D eigenvalue weighted by Gasteiger charge is -2.30. The zero-order valence-corrected chi connectivity index (χ0v) is 19.3. The van der Waals surface area contributed by atoms with Crippen LogP contribution in [0.4, 0.5) is 0 Å². The maximum Gasteiger partial charge on any atom is 0.263 e. The molecule has 1 atom stereocenters. The summed E-state index contributed by atoms with van der Waals surface area (Å²) in [6, 6.07) is 1.96. The Labute approximate surface area is 176 Å². The summed E-state index contributed by atoms with van der Waals surface area (Å²) in [5, 5.41) is 0. The molecule has 1 amide bonds. The van der Waals surface area contributed by atoms with E-state index >= 15 is 0 Å². The minimum atomic E-state index is -0.176. The van der Waals surface area contributed by atoms with Gasteiger partial charge in [0.15, 0.2) is 0 Å². The first-order valence-electron chi connectivity index (χ1n) is 11.1. The van der Waals surface area contributed by atoms with Crippen molar-refractivity contribution in [3.05, 3.63) is 33.7 Å². The molecule has 0 N–H and O–H groups in total. The summed E-state index contributed by atoms with van der Waals surface area (Å²) in [6.07, 6.45) is 6.90. The van der Waals surface area contributed by atoms with Crippen LogP contribution in [-0.2, 0) is 0 Å². The lowest BCUT2D eigenvalue weighted by molar-refractivity contribution is 0.0678. The standard InChI is InChI=1S/C23H40N4O2/c1-18(2)26(16-15-25-12-9-7-8-10-13-25)22(28)21-19(3)11-14-27(23(21)29)20(4)17-24(5)6/h11,14,18,20H,7-10,12-13,15-17H2,1-6H3. The summed E-state index contributed by atoms with van der Waals surface area (Å²) in [5.74, 6) is -0.135. The third-order valence-corrected chi connectivity index (χ3v) is 5.89. The maximum atomic E-state index is 13.4. The smallest absolute Gasteiger partial charge is 0.263 e. The molecule has 1 fully saturated rings. The van der Waals surface area contributed by atoms with Crippen molar-refractivity contribution in [3.63, 3.8) is 0 Å². The van der Waals surface area contributed by atoms with Gasteiger partial charge in [0.05, 0.1) is 0 Å². The van der Waals surface area contributed by atoms with Gasteiger partial charge in [0, 0.05) is 37.9 Å². The van der Waals surface area contributed by atoms with Crippen molar-refractivity contribution in [1.29, 1.82) is 0 Å². The van der Waals surface area contributed by atoms with Crippen molar-refractivity contribution < 1.29 is 4.79 Å². The Bertz CT molecular complexity index is 718. The van der Waals surface area contributed by atoms with Crippen molar-refractivity contribution in [2.75, 3.05) is 46.8 Å². The van der Waals surface area contributed by atoms with E-state index in [1.165, 1.54) is 25.7 Å². The first-order valence-corrected chi connectivity index (χ1v) is 11.1. The van der Waals surface area contributed by atoms with Gasteiger partial charge in [-0.25, -0.2) is 0 Å². The zero-order valence-electron chi connectivity index (χ0n) is 19.3. The Morgan fingerprint density at radius 2 is 1.72 bits per heavy atom. The van der Waals surface area contributed by atoms with Crippen LogP contribution in [0.15, 0.2) is 17.1 Å². The molecule has 0 bridgehead atoms. The molecular formula is C23H40N4O2. The number of likely N-dealkylation sites (N-methyl/N-ethyl adjacent to an activating group) is 1. The Morgan fingerprint density at radius 1 is 1.10 bits per heavy atom. The predicted molar refractivity (Wildman–Crippen MR) is 120 cm³/mol. The van der Waals surface area contributed by atoms with Gasteiger partial charge in [-0.05, 0) is 79.4 Å². The Balaban J connectivity index is 2.23. The normalized spacial score (nSPS) is 16.8. The van der Waals surface area contributed by atoms with Gasteiger partial charge in [-0.15, -0.1) is 0 Å². The van der Waals surface area contributed by atoms with Crippen LogP contribution in [0.1, 0.15) is 68.4 Å². The van der Waals surface area contributed by atoms with Crippen LogP contribution in [-0.4, -0.2) is 78.0 Å². The van der Waals surface area contributed by atoms with Crippen LogP contribution in [0.3, 0.4) is 0 Å². The molecule has 0 spiro atoms. The second-order valence-corrected chi connectivity index (χ2v) is 9.05. The molecule has 1 saturated heterocycles. The molecule has 0 aliphatic carbocycles. The van der Waals surface area contributed by atoms with E-state index in [0.29, 0.717) is 12.1 Å². The van der Waals surface area contributed by atoms with Gasteiger partial charge in [-0.1, -0.05) is 12.8 Å². The average molecular weight is 405 g/mol. The van der Waals surface area contributed by atoms with Crippen LogP contribution < -0.4 is 5.56 Å². The van der Waals surface area contributed by atoms with Crippen molar-refractivity contribution in [2.45, 2.75) is 65.5 Å². The third-order valence-electron chi connectivity index (χ3n) is 5.89. The summed E-state index contributed by atoms with van der Waals surface area (Å²) in [7, 11) is 3.98. The number of nitrogens with zero attached hydrogens (tertiary/aromatic N) is 4. The van der Waals surface area contributed by atoms with Crippen molar-refractivity contribution >= 4 is 5.91 Å². The average Bonchev–Trinajstić information content (AvgIpc) is 2.89. The van der Waals surface area contributed by atoms with E-state index in [1.54, 1.807) is 4.57 Å². The molecule has 0 saturated carbocycles. The van der Waals surface area contributed by atoms with Crippen molar-refractivity contribution in [3.8, 4) is 0 Å². The molecule has 1 aliphatic heterocycles. The molecule has 164 valence electrons. The highest BCUT2D eigenvalue weighted by molar-refractivity contribution is 5.95. The van der Waals surface area contributed by atoms with Crippen molar-refractivity contribution in [2.24, 2.45) is 0 Å². The van der Waals surface area contributed by atoms with Crippen LogP contribution in [0.2, 0.25) is 0 Å². The van der Waals surface area contributed by atoms with Crippen LogP contribution in [0.5, 0.6) is 0 Å². The van der Waals surface area contributed by atoms with Crippen LogP contribution in [0.25, 0.3) is 0 Å². The summed E-state index contributed by atoms with van der Waals surface area (Å²) >= 11 is 0. The Morgan fingerprint density at radius 3 is 2.28 bits per heavy atom. The molecule has 6 nitrogen and oxygen atoms in total. The largest absolute Gasteiger partial charge is 0.335 e. The van der Waals surface area contributed by atoms with Gasteiger partial charge in [0.25, 0.3) is 11.5 Å². The van der Waals surface area contributed by atoms with Gasteiger partial charge < -0.3 is 19.3 Å². The monoisotopic (exact) mass is 404 g/mol. The molecule has 1 unspecified atom stereocenters. The van der Waals surface area contributed by atoms with E-state index in [-0.39, 0.29) is 23.6 Å². The summed E-state index contributed by atoms with van der Waals surface area (Å²) in [6.45, 7) is 12.5. The van der Waals surface area contributed by atoms with Crippen LogP contribution in [0, 0.1) is 6.92 Å². The summed E-state index contributed by atoms with van der Waals surface area (Å²) in [5.41, 5.74) is 0.904. The van der Waals surface area contributed by atoms with E-state index in [2.05, 4.69) is 9.80 Å². The fourth-order valence-corrected chi connectivity index (χ4v) is 4.21. The van der Waals surface area contributed by atoms with E-state index in [0.717, 1.165) is 31.7 Å². The summed E-state index contributed by atoms with van der Waals surface area (Å²) < 4.78 is 1.70. The molecule has 1 aromatic rings. The predicted octanol–water partition coefficient (Wildman–Crippen LogP) is 3.01. The molecule has 0 radical (unpaired) electrons. The summed E-state index contributed by atoms with van der Waals surface area (Å²) in [4.78, 5) is 33.1. The number of aromatic nitrogens is 1. The first-order chi connectivity index (χ1) is 13.7. The second kappa shape index (κ2) is 10.9. The highest BCUT2D eigenvalue weighted by atomic mass is 16.2. The van der Waals surface area contributed by atoms with Gasteiger partial charge in [0.2, 0.25) is 0 Å². The lowest BCUT2D eigenvalue weighted by atomic mass is 10.1. The molecule has 6 heteroatoms. The number of rotatable bonds is 8. The highest BCUT2D eigenvalue weighted by Crippen LogP contribution is 2.14. The number of amides is 1. The zero-order chi connectivity index (χ0) is 21.6. The lowest BCUT2D eigenvalue weighted by Crippen LogP contribution is -2.45. The number of aryl methyl sites for hydroxylation is 1. The molecule has 29 heavy (non-hydrogen) atoms. The van der Waals surface area contributed by atoms with Gasteiger partial charge in [0.1, 0.15) is 5.56 Å². The van der Waals surface area contributed by atoms with Crippen molar-refractivity contribution in [1.82, 2.24) is 19.3 Å². The number of likely N-dealkylation sites (tertiary alicyclic amines) is 1. The number of carbonyl (C=O) groups is 1. The van der Waals surface area contributed by atoms with Gasteiger partial charge in [-0.2, -0.15) is 0 Å². The van der Waals surface area contributed by atoms with Gasteiger partial charge >= 0.3 is 0 Å². The minimum Gasteiger partial charge on any atom is -0.335 e. The van der Waals surface area contributed by atoms with Crippen LogP contribution >= 0.6 is 0 Å². The number of pyridine rings is 1. The number of carbonyl (C=O) groups excluding carboxylic acids is 1. The number of hydrogen-bond donors (Lipinski definition) is 0. The molecule has 2 rings (SSSR count). The van der Waals surface area contributed by atoms with E-state index in [1.807, 2.05) is 59.0 Å². The van der Waals surface area contributed by atoms with E-state index < -0.39 is 0 Å². The highest BCUT2D eigenvalue weighted by Gasteiger charge is 2.25. The fraction of sp³-hybridized carbons (Fsp3) is 0.739. The first kappa shape index (κ1) is 23.6. The topological polar surface area (TPSA) is 48.8 Å². The van der Waals surface area contributed by atoms with E-state index in [9.17, 15) is 9.59 Å². The second-order valence-electron chi connectivity index (χ2n) is 9.05. The third kappa shape index (κ3) is 6.41. The molecule has 1 aromatic heterocycles. The Hall–Kier alpha value is -1.66. The SMILES string of the molecule is Cc1ccn(C(C)CN(C)C)c(=O)c1C(=O)N(CCN1CCCCCC1)C(C)C. The number of hydrogen-bond acceptors (Lipinski definition) is 4. The minimum absolute atomic E-state index is 0.00856. The fourth-order valence-electron chi connectivity index (χ4n) is 4.21. The Kier molecular flexibility index (Phi) is 8.90. The maximum absolute atomic E-state index is 13.4. The van der Waals surface area contributed by atoms with Gasteiger partial charge in [-0.3, -0.25) is 9.59 Å². The molecule has 2 heterocycles. The quantitative estimate of drug-likeness (QED) is 0.668. The van der Waals surface area contributed by atoms with E-state index in [4.69, 9.17) is 0 Å². The molecular weight excluding hydrogens is 364 g/mol. The molecule has 1 aliphatic rings. The molecule has 0 aromatic carbocycles.